The maximum atomic E-state index is 13.4. The molecule has 1 aliphatic heterocycles. The molecular formula is C20H18N4O7S2. The van der Waals surface area contributed by atoms with Crippen molar-refractivity contribution in [3.63, 3.8) is 0 Å². The highest BCUT2D eigenvalue weighted by Gasteiger charge is 2.39. The first-order chi connectivity index (χ1) is 15.8. The fraction of sp³-hybridized carbons (Fsp3) is 0.300. The van der Waals surface area contributed by atoms with E-state index < -0.39 is 39.3 Å². The van der Waals surface area contributed by atoms with E-state index in [1.807, 2.05) is 0 Å². The van der Waals surface area contributed by atoms with Crippen LogP contribution in [-0.2, 0) is 19.6 Å². The largest absolute Gasteiger partial charge is 0.456 e. The summed E-state index contributed by atoms with van der Waals surface area (Å²) in [7, 11) is -4.07. The van der Waals surface area contributed by atoms with Gasteiger partial charge in [-0.1, -0.05) is 6.07 Å². The van der Waals surface area contributed by atoms with Gasteiger partial charge in [-0.3, -0.25) is 19.7 Å². The molecule has 0 amide bonds. The van der Waals surface area contributed by atoms with E-state index in [2.05, 4.69) is 8.75 Å². The number of aromatic nitrogens is 2. The summed E-state index contributed by atoms with van der Waals surface area (Å²) in [6, 6.07) is 8.48. The van der Waals surface area contributed by atoms with E-state index in [-0.39, 0.29) is 34.6 Å². The molecule has 11 nitrogen and oxygen atoms in total. The van der Waals surface area contributed by atoms with Crippen molar-refractivity contribution >= 4 is 50.2 Å². The van der Waals surface area contributed by atoms with E-state index in [0.29, 0.717) is 18.4 Å². The minimum Gasteiger partial charge on any atom is -0.456 e. The Hall–Kier alpha value is -3.29. The summed E-state index contributed by atoms with van der Waals surface area (Å²) < 4.78 is 41.2. The van der Waals surface area contributed by atoms with Gasteiger partial charge in [-0.25, -0.2) is 8.42 Å². The Kier molecular flexibility index (Phi) is 6.44. The third-order valence-electron chi connectivity index (χ3n) is 5.31. The maximum absolute atomic E-state index is 13.4. The van der Waals surface area contributed by atoms with Gasteiger partial charge in [0.15, 0.2) is 12.4 Å². The summed E-state index contributed by atoms with van der Waals surface area (Å²) >= 11 is 0.899. The molecule has 1 atom stereocenters. The van der Waals surface area contributed by atoms with Crippen LogP contribution in [0.1, 0.15) is 29.6 Å². The lowest BCUT2D eigenvalue weighted by molar-refractivity contribution is -0.384. The second kappa shape index (κ2) is 9.29. The summed E-state index contributed by atoms with van der Waals surface area (Å²) in [5.41, 5.74) is 0.667. The molecule has 1 fully saturated rings. The van der Waals surface area contributed by atoms with Gasteiger partial charge in [-0.05, 0) is 43.5 Å². The molecule has 0 bridgehead atoms. The number of piperidine rings is 1. The monoisotopic (exact) mass is 490 g/mol. The third kappa shape index (κ3) is 4.60. The van der Waals surface area contributed by atoms with Crippen LogP contribution in [0.15, 0.2) is 47.4 Å². The molecule has 2 heterocycles. The van der Waals surface area contributed by atoms with Crippen LogP contribution in [0.3, 0.4) is 0 Å². The molecule has 1 aliphatic rings. The average molecular weight is 491 g/mol. The molecule has 1 unspecified atom stereocenters. The Balaban J connectivity index is 1.50. The van der Waals surface area contributed by atoms with Gasteiger partial charge in [0, 0.05) is 24.2 Å². The zero-order valence-corrected chi connectivity index (χ0v) is 18.8. The molecule has 0 radical (unpaired) electrons. The number of nitro groups is 1. The van der Waals surface area contributed by atoms with Crippen LogP contribution >= 0.6 is 11.7 Å². The van der Waals surface area contributed by atoms with Gasteiger partial charge in [0.1, 0.15) is 22.0 Å². The van der Waals surface area contributed by atoms with E-state index in [0.717, 1.165) is 16.0 Å². The number of sulfonamides is 1. The van der Waals surface area contributed by atoms with Crippen molar-refractivity contribution in [3.05, 3.63) is 58.1 Å². The lowest BCUT2D eigenvalue weighted by Crippen LogP contribution is -2.48. The van der Waals surface area contributed by atoms with Crippen molar-refractivity contribution in [2.75, 3.05) is 13.2 Å². The SMILES string of the molecule is O=C(COC(=O)C1CCCCN1S(=O)(=O)c1cccc2nsnc12)c1ccc([N+](=O)[O-])cc1. The predicted molar refractivity (Wildman–Crippen MR) is 117 cm³/mol. The number of non-ortho nitro benzene ring substituents is 1. The number of ether oxygens (including phenoxy) is 1. The normalized spacial score (nSPS) is 17.0. The molecule has 0 spiro atoms. The molecule has 2 aromatic carbocycles. The Morgan fingerprint density at radius 1 is 1.15 bits per heavy atom. The zero-order chi connectivity index (χ0) is 23.6. The fourth-order valence-electron chi connectivity index (χ4n) is 3.63. The summed E-state index contributed by atoms with van der Waals surface area (Å²) in [4.78, 5) is 35.2. The third-order valence-corrected chi connectivity index (χ3v) is 7.79. The number of hydrogen-bond acceptors (Lipinski definition) is 10. The Morgan fingerprint density at radius 3 is 2.64 bits per heavy atom. The number of rotatable bonds is 7. The van der Waals surface area contributed by atoms with Crippen molar-refractivity contribution in [3.8, 4) is 0 Å². The quantitative estimate of drug-likeness (QED) is 0.211. The summed E-state index contributed by atoms with van der Waals surface area (Å²) in [6.07, 6.45) is 1.47. The molecule has 1 aromatic heterocycles. The minimum absolute atomic E-state index is 0.0320. The Labute approximate surface area is 192 Å². The molecule has 0 N–H and O–H groups in total. The number of hydrogen-bond donors (Lipinski definition) is 0. The number of carbonyl (C=O) groups excluding carboxylic acids is 2. The first-order valence-corrected chi connectivity index (χ1v) is 12.1. The van der Waals surface area contributed by atoms with E-state index in [1.54, 1.807) is 12.1 Å². The number of Topliss-reactive ketones (excluding diaryl/α,β-unsaturated/α-hetero) is 1. The van der Waals surface area contributed by atoms with Crippen molar-refractivity contribution in [1.82, 2.24) is 13.1 Å². The van der Waals surface area contributed by atoms with E-state index in [1.165, 1.54) is 30.3 Å². The van der Waals surface area contributed by atoms with Crippen molar-refractivity contribution < 1.29 is 27.7 Å². The van der Waals surface area contributed by atoms with Crippen LogP contribution in [0.5, 0.6) is 0 Å². The molecule has 33 heavy (non-hydrogen) atoms. The van der Waals surface area contributed by atoms with Crippen molar-refractivity contribution in [2.24, 2.45) is 0 Å². The van der Waals surface area contributed by atoms with Crippen LogP contribution in [0.2, 0.25) is 0 Å². The van der Waals surface area contributed by atoms with E-state index in [4.69, 9.17) is 4.74 Å². The standard InChI is InChI=1S/C20H18N4O7S2/c25-17(13-7-9-14(10-8-13)24(27)28)12-31-20(26)16-5-1-2-11-23(16)33(29,30)18-6-3-4-15-19(18)22-32-21-15/h3-4,6-10,16H,1-2,5,11-12H2. The van der Waals surface area contributed by atoms with Crippen molar-refractivity contribution in [2.45, 2.75) is 30.2 Å². The molecule has 1 saturated heterocycles. The second-order valence-electron chi connectivity index (χ2n) is 7.35. The van der Waals surface area contributed by atoms with Gasteiger partial charge in [0.25, 0.3) is 5.69 Å². The summed E-state index contributed by atoms with van der Waals surface area (Å²) in [6.45, 7) is -0.473. The summed E-state index contributed by atoms with van der Waals surface area (Å²) in [5, 5.41) is 10.7. The first kappa shape index (κ1) is 22.9. The van der Waals surface area contributed by atoms with Gasteiger partial charge < -0.3 is 4.74 Å². The van der Waals surface area contributed by atoms with Gasteiger partial charge >= 0.3 is 5.97 Å². The number of nitro benzene ring substituents is 1. The zero-order valence-electron chi connectivity index (χ0n) is 17.1. The number of benzene rings is 2. The van der Waals surface area contributed by atoms with Crippen LogP contribution in [0, 0.1) is 10.1 Å². The number of esters is 1. The molecular weight excluding hydrogens is 472 g/mol. The van der Waals surface area contributed by atoms with Crippen LogP contribution in [0.4, 0.5) is 5.69 Å². The van der Waals surface area contributed by atoms with Gasteiger partial charge in [-0.15, -0.1) is 0 Å². The van der Waals surface area contributed by atoms with Gasteiger partial charge in [0.05, 0.1) is 16.7 Å². The van der Waals surface area contributed by atoms with Crippen LogP contribution in [-0.4, -0.2) is 57.3 Å². The average Bonchev–Trinajstić information content (AvgIpc) is 3.31. The molecule has 3 aromatic rings. The molecule has 0 aliphatic carbocycles. The lowest BCUT2D eigenvalue weighted by Gasteiger charge is -2.32. The molecule has 4 rings (SSSR count). The Bertz CT molecular complexity index is 1320. The minimum atomic E-state index is -4.07. The van der Waals surface area contributed by atoms with Crippen LogP contribution in [0.25, 0.3) is 11.0 Å². The van der Waals surface area contributed by atoms with E-state index in [9.17, 15) is 28.1 Å². The first-order valence-electron chi connectivity index (χ1n) is 9.96. The van der Waals surface area contributed by atoms with Crippen LogP contribution < -0.4 is 0 Å². The highest BCUT2D eigenvalue weighted by molar-refractivity contribution is 7.89. The second-order valence-corrected chi connectivity index (χ2v) is 9.74. The number of carbonyl (C=O) groups is 2. The molecule has 0 saturated carbocycles. The lowest BCUT2D eigenvalue weighted by atomic mass is 10.1. The maximum Gasteiger partial charge on any atom is 0.324 e. The number of ketones is 1. The predicted octanol–water partition coefficient (Wildman–Crippen LogP) is 2.57. The Morgan fingerprint density at radius 2 is 1.91 bits per heavy atom. The fourth-order valence-corrected chi connectivity index (χ4v) is 6.03. The molecule has 172 valence electrons. The van der Waals surface area contributed by atoms with Gasteiger partial charge in [-0.2, -0.15) is 13.1 Å². The number of fused-ring (bicyclic) bond motifs is 1. The molecule has 13 heteroatoms. The van der Waals surface area contributed by atoms with E-state index >= 15 is 0 Å². The smallest absolute Gasteiger partial charge is 0.324 e. The summed E-state index contributed by atoms with van der Waals surface area (Å²) in [5.74, 6) is -1.38. The highest BCUT2D eigenvalue weighted by atomic mass is 32.2. The number of nitrogens with zero attached hydrogens (tertiary/aromatic N) is 4. The van der Waals surface area contributed by atoms with Crippen molar-refractivity contribution in [1.29, 1.82) is 0 Å². The topological polar surface area (TPSA) is 150 Å². The van der Waals surface area contributed by atoms with Gasteiger partial charge in [0.2, 0.25) is 10.0 Å². The highest BCUT2D eigenvalue weighted by Crippen LogP contribution is 2.30.